The second-order valence-corrected chi connectivity index (χ2v) is 6.64. The first-order valence-corrected chi connectivity index (χ1v) is 8.44. The van der Waals surface area contributed by atoms with Crippen molar-refractivity contribution in [2.75, 3.05) is 18.1 Å². The van der Waals surface area contributed by atoms with E-state index in [1.807, 2.05) is 13.8 Å². The van der Waals surface area contributed by atoms with E-state index in [-0.39, 0.29) is 30.3 Å². The molecule has 1 aliphatic rings. The summed E-state index contributed by atoms with van der Waals surface area (Å²) in [5, 5.41) is 11.7. The third-order valence-corrected chi connectivity index (χ3v) is 4.29. The molecule has 7 heteroatoms. The molecule has 1 rings (SSSR count). The minimum Gasteiger partial charge on any atom is -0.481 e. The fourth-order valence-corrected chi connectivity index (χ4v) is 3.35. The molecular weight excluding hydrogens is 292 g/mol. The van der Waals surface area contributed by atoms with E-state index in [0.717, 1.165) is 5.75 Å². The number of carbonyl (C=O) groups is 3. The van der Waals surface area contributed by atoms with Gasteiger partial charge in [0, 0.05) is 36.9 Å². The largest absolute Gasteiger partial charge is 0.481 e. The lowest BCUT2D eigenvalue weighted by molar-refractivity contribution is -0.140. The van der Waals surface area contributed by atoms with Crippen molar-refractivity contribution in [1.82, 2.24) is 10.2 Å². The van der Waals surface area contributed by atoms with Crippen LogP contribution in [0.5, 0.6) is 0 Å². The van der Waals surface area contributed by atoms with Crippen LogP contribution in [0.2, 0.25) is 0 Å². The average molecular weight is 316 g/mol. The van der Waals surface area contributed by atoms with E-state index in [9.17, 15) is 14.4 Å². The lowest BCUT2D eigenvalue weighted by atomic mass is 10.1. The Morgan fingerprint density at radius 1 is 1.33 bits per heavy atom. The number of aliphatic carboxylic acids is 1. The number of carboxylic acids is 1. The first-order valence-electron chi connectivity index (χ1n) is 7.28. The van der Waals surface area contributed by atoms with Gasteiger partial charge in [-0.05, 0) is 20.3 Å². The standard InChI is InChI=1S/C14H24N2O4S/c1-10(2)15-12(17)4-3-5-13(18)16-6-7-21-9-11(16)8-14(19)20/h10-11H,3-9H2,1-2H3,(H,15,17)(H,19,20). The van der Waals surface area contributed by atoms with Gasteiger partial charge in [-0.1, -0.05) is 0 Å². The Hall–Kier alpha value is -1.24. The monoisotopic (exact) mass is 316 g/mol. The lowest BCUT2D eigenvalue weighted by Gasteiger charge is -2.34. The van der Waals surface area contributed by atoms with Crippen molar-refractivity contribution in [3.8, 4) is 0 Å². The van der Waals surface area contributed by atoms with Crippen LogP contribution in [-0.2, 0) is 14.4 Å². The maximum atomic E-state index is 12.2. The SMILES string of the molecule is CC(C)NC(=O)CCCC(=O)N1CCSCC1CC(=O)O. The van der Waals surface area contributed by atoms with Gasteiger partial charge < -0.3 is 15.3 Å². The summed E-state index contributed by atoms with van der Waals surface area (Å²) < 4.78 is 0. The predicted octanol–water partition coefficient (Wildman–Crippen LogP) is 1.10. The van der Waals surface area contributed by atoms with Gasteiger partial charge in [-0.15, -0.1) is 0 Å². The topological polar surface area (TPSA) is 86.7 Å². The van der Waals surface area contributed by atoms with Crippen molar-refractivity contribution in [3.63, 3.8) is 0 Å². The molecule has 0 spiro atoms. The van der Waals surface area contributed by atoms with Crippen LogP contribution in [0, 0.1) is 0 Å². The van der Waals surface area contributed by atoms with Gasteiger partial charge in [0.1, 0.15) is 0 Å². The molecular formula is C14H24N2O4S. The van der Waals surface area contributed by atoms with Gasteiger partial charge in [0.2, 0.25) is 11.8 Å². The molecule has 1 saturated heterocycles. The Labute approximate surface area is 129 Å². The van der Waals surface area contributed by atoms with Crippen molar-refractivity contribution >= 4 is 29.5 Å². The van der Waals surface area contributed by atoms with Gasteiger partial charge in [-0.2, -0.15) is 11.8 Å². The summed E-state index contributed by atoms with van der Waals surface area (Å²) in [5.74, 6) is 0.547. The molecule has 120 valence electrons. The number of hydrogen-bond acceptors (Lipinski definition) is 4. The van der Waals surface area contributed by atoms with Gasteiger partial charge in [-0.3, -0.25) is 14.4 Å². The van der Waals surface area contributed by atoms with Crippen molar-refractivity contribution in [2.45, 2.75) is 51.6 Å². The first kappa shape index (κ1) is 17.8. The van der Waals surface area contributed by atoms with E-state index in [2.05, 4.69) is 5.32 Å². The third kappa shape index (κ3) is 6.84. The summed E-state index contributed by atoms with van der Waals surface area (Å²) >= 11 is 1.68. The molecule has 0 bridgehead atoms. The molecule has 0 aliphatic carbocycles. The predicted molar refractivity (Wildman–Crippen MR) is 82.2 cm³/mol. The molecule has 1 fully saturated rings. The number of thioether (sulfide) groups is 1. The fourth-order valence-electron chi connectivity index (χ4n) is 2.29. The van der Waals surface area contributed by atoms with Crippen LogP contribution in [0.1, 0.15) is 39.5 Å². The number of carbonyl (C=O) groups excluding carboxylic acids is 2. The average Bonchev–Trinajstić information content (AvgIpc) is 2.37. The second-order valence-electron chi connectivity index (χ2n) is 5.49. The van der Waals surface area contributed by atoms with Gasteiger partial charge >= 0.3 is 5.97 Å². The Balaban J connectivity index is 2.38. The lowest BCUT2D eigenvalue weighted by Crippen LogP contribution is -2.47. The molecule has 1 heterocycles. The minimum atomic E-state index is -0.878. The van der Waals surface area contributed by atoms with Crippen LogP contribution >= 0.6 is 11.8 Å². The molecule has 1 atom stereocenters. The highest BCUT2D eigenvalue weighted by Crippen LogP contribution is 2.20. The summed E-state index contributed by atoms with van der Waals surface area (Å²) in [7, 11) is 0. The summed E-state index contributed by atoms with van der Waals surface area (Å²) in [6, 6.07) is -0.120. The smallest absolute Gasteiger partial charge is 0.305 e. The molecule has 1 unspecified atom stereocenters. The Kier molecular flexibility index (Phi) is 7.56. The van der Waals surface area contributed by atoms with Crippen LogP contribution in [0.3, 0.4) is 0 Å². The molecule has 2 N–H and O–H groups in total. The van der Waals surface area contributed by atoms with Crippen LogP contribution in [0.15, 0.2) is 0 Å². The Morgan fingerprint density at radius 2 is 2.05 bits per heavy atom. The molecule has 6 nitrogen and oxygen atoms in total. The molecule has 2 amide bonds. The molecule has 0 saturated carbocycles. The maximum absolute atomic E-state index is 12.2. The van der Waals surface area contributed by atoms with Crippen LogP contribution in [0.25, 0.3) is 0 Å². The highest BCUT2D eigenvalue weighted by atomic mass is 32.2. The molecule has 0 radical (unpaired) electrons. The molecule has 0 aromatic heterocycles. The van der Waals surface area contributed by atoms with Crippen LogP contribution in [0.4, 0.5) is 0 Å². The minimum absolute atomic E-state index is 0.00737. The Morgan fingerprint density at radius 3 is 2.67 bits per heavy atom. The highest BCUT2D eigenvalue weighted by Gasteiger charge is 2.28. The number of nitrogens with zero attached hydrogens (tertiary/aromatic N) is 1. The second kappa shape index (κ2) is 8.92. The summed E-state index contributed by atoms with van der Waals surface area (Å²) in [4.78, 5) is 36.2. The quantitative estimate of drug-likeness (QED) is 0.734. The van der Waals surface area contributed by atoms with E-state index >= 15 is 0 Å². The summed E-state index contributed by atoms with van der Waals surface area (Å²) in [6.45, 7) is 4.38. The van der Waals surface area contributed by atoms with Gasteiger partial charge in [0.05, 0.1) is 12.5 Å². The zero-order valence-corrected chi connectivity index (χ0v) is 13.4. The zero-order valence-electron chi connectivity index (χ0n) is 12.6. The molecule has 1 aliphatic heterocycles. The summed E-state index contributed by atoms with van der Waals surface area (Å²) in [5.41, 5.74) is 0. The summed E-state index contributed by atoms with van der Waals surface area (Å²) in [6.07, 6.45) is 1.12. The normalized spacial score (nSPS) is 18.6. The number of amides is 2. The van der Waals surface area contributed by atoms with E-state index < -0.39 is 5.97 Å². The van der Waals surface area contributed by atoms with Crippen molar-refractivity contribution in [2.24, 2.45) is 0 Å². The number of nitrogens with one attached hydrogen (secondary N) is 1. The number of hydrogen-bond donors (Lipinski definition) is 2. The van der Waals surface area contributed by atoms with Crippen molar-refractivity contribution in [3.05, 3.63) is 0 Å². The van der Waals surface area contributed by atoms with E-state index in [1.54, 1.807) is 16.7 Å². The van der Waals surface area contributed by atoms with Gasteiger partial charge in [0.25, 0.3) is 0 Å². The molecule has 21 heavy (non-hydrogen) atoms. The van der Waals surface area contributed by atoms with Gasteiger partial charge in [0.15, 0.2) is 0 Å². The van der Waals surface area contributed by atoms with Crippen molar-refractivity contribution < 1.29 is 19.5 Å². The van der Waals surface area contributed by atoms with Gasteiger partial charge in [-0.25, -0.2) is 0 Å². The molecule has 0 aromatic carbocycles. The Bertz CT molecular complexity index is 387. The first-order chi connectivity index (χ1) is 9.90. The van der Waals surface area contributed by atoms with Crippen LogP contribution in [-0.4, -0.2) is 57.9 Å². The zero-order chi connectivity index (χ0) is 15.8. The van der Waals surface area contributed by atoms with Crippen molar-refractivity contribution in [1.29, 1.82) is 0 Å². The number of rotatable bonds is 7. The van der Waals surface area contributed by atoms with Crippen LogP contribution < -0.4 is 5.32 Å². The van der Waals surface area contributed by atoms with E-state index in [0.29, 0.717) is 31.6 Å². The van der Waals surface area contributed by atoms with E-state index in [1.165, 1.54) is 0 Å². The highest BCUT2D eigenvalue weighted by molar-refractivity contribution is 7.99. The maximum Gasteiger partial charge on any atom is 0.305 e. The third-order valence-electron chi connectivity index (χ3n) is 3.20. The van der Waals surface area contributed by atoms with E-state index in [4.69, 9.17) is 5.11 Å². The number of carboxylic acid groups (broad SMARTS) is 1. The fraction of sp³-hybridized carbons (Fsp3) is 0.786. The molecule has 0 aromatic rings.